The lowest BCUT2D eigenvalue weighted by Gasteiger charge is -2.21. The first kappa shape index (κ1) is 8.95. The van der Waals surface area contributed by atoms with Gasteiger partial charge in [0.2, 0.25) is 0 Å². The SMILES string of the molecule is Cc1ccc(S(C)(C)Cl)cc1. The van der Waals surface area contributed by atoms with Crippen LogP contribution in [0.2, 0.25) is 0 Å². The molecule has 0 bridgehead atoms. The summed E-state index contributed by atoms with van der Waals surface area (Å²) in [6.07, 6.45) is 4.17. The van der Waals surface area contributed by atoms with Crippen LogP contribution in [0.25, 0.3) is 0 Å². The van der Waals surface area contributed by atoms with E-state index in [2.05, 4.69) is 43.7 Å². The number of hydrogen-bond acceptors (Lipinski definition) is 0. The number of hydrogen-bond donors (Lipinski definition) is 0. The van der Waals surface area contributed by atoms with Crippen LogP contribution in [0.1, 0.15) is 5.56 Å². The average molecular weight is 189 g/mol. The molecule has 0 saturated heterocycles. The fraction of sp³-hybridized carbons (Fsp3) is 0.333. The van der Waals surface area contributed by atoms with Gasteiger partial charge >= 0.3 is 0 Å². The minimum atomic E-state index is -1.05. The Labute approximate surface area is 74.4 Å². The third kappa shape index (κ3) is 2.42. The molecule has 62 valence electrons. The maximum Gasteiger partial charge on any atom is 0.00250 e. The summed E-state index contributed by atoms with van der Waals surface area (Å²) >= 11 is 0. The lowest BCUT2D eigenvalue weighted by molar-refractivity contribution is 1.37. The molecular formula is C9H13ClS. The van der Waals surface area contributed by atoms with E-state index in [-0.39, 0.29) is 0 Å². The van der Waals surface area contributed by atoms with Gasteiger partial charge in [-0.1, -0.05) is 28.4 Å². The maximum absolute atomic E-state index is 6.19. The molecule has 0 aromatic heterocycles. The predicted molar refractivity (Wildman–Crippen MR) is 54.7 cm³/mol. The second kappa shape index (κ2) is 3.08. The van der Waals surface area contributed by atoms with Gasteiger partial charge in [0.05, 0.1) is 0 Å². The molecule has 0 aliphatic carbocycles. The molecule has 0 nitrogen and oxygen atoms in total. The minimum absolute atomic E-state index is 1.05. The van der Waals surface area contributed by atoms with E-state index < -0.39 is 9.24 Å². The average Bonchev–Trinajstić information content (AvgIpc) is 1.86. The van der Waals surface area contributed by atoms with Crippen LogP contribution in [-0.2, 0) is 0 Å². The fourth-order valence-electron chi connectivity index (χ4n) is 0.862. The van der Waals surface area contributed by atoms with E-state index in [9.17, 15) is 0 Å². The minimum Gasteiger partial charge on any atom is -0.142 e. The topological polar surface area (TPSA) is 0 Å². The molecule has 0 aliphatic heterocycles. The van der Waals surface area contributed by atoms with Crippen molar-refractivity contribution in [1.29, 1.82) is 0 Å². The largest absolute Gasteiger partial charge is 0.142 e. The molecule has 11 heavy (non-hydrogen) atoms. The van der Waals surface area contributed by atoms with Crippen molar-refractivity contribution in [3.05, 3.63) is 29.8 Å². The molecule has 0 saturated carbocycles. The monoisotopic (exact) mass is 188 g/mol. The van der Waals surface area contributed by atoms with Crippen LogP contribution in [0.3, 0.4) is 0 Å². The predicted octanol–water partition coefficient (Wildman–Crippen LogP) is 3.57. The Morgan fingerprint density at radius 1 is 1.09 bits per heavy atom. The number of halogens is 1. The summed E-state index contributed by atoms with van der Waals surface area (Å²) < 4.78 is 0. The molecule has 0 heterocycles. The van der Waals surface area contributed by atoms with E-state index in [1.165, 1.54) is 10.5 Å². The highest BCUT2D eigenvalue weighted by atomic mass is 35.7. The molecule has 2 heteroatoms. The molecule has 0 N–H and O–H groups in total. The van der Waals surface area contributed by atoms with E-state index in [1.54, 1.807) is 0 Å². The molecule has 0 spiro atoms. The van der Waals surface area contributed by atoms with Gasteiger partial charge in [-0.2, -0.15) is 0 Å². The Kier molecular flexibility index (Phi) is 2.50. The van der Waals surface area contributed by atoms with Gasteiger partial charge in [0.15, 0.2) is 0 Å². The van der Waals surface area contributed by atoms with Gasteiger partial charge in [-0.15, -0.1) is 9.24 Å². The Morgan fingerprint density at radius 2 is 1.55 bits per heavy atom. The van der Waals surface area contributed by atoms with Gasteiger partial charge in [-0.25, -0.2) is 0 Å². The molecule has 0 radical (unpaired) electrons. The van der Waals surface area contributed by atoms with Crippen LogP contribution < -0.4 is 0 Å². The zero-order valence-electron chi connectivity index (χ0n) is 7.10. The normalized spacial score (nSPS) is 13.1. The first-order valence-electron chi connectivity index (χ1n) is 3.50. The van der Waals surface area contributed by atoms with E-state index in [0.29, 0.717) is 0 Å². The third-order valence-electron chi connectivity index (χ3n) is 1.58. The quantitative estimate of drug-likeness (QED) is 0.632. The summed E-state index contributed by atoms with van der Waals surface area (Å²) in [5.41, 5.74) is 1.29. The van der Waals surface area contributed by atoms with Crippen LogP contribution in [0.15, 0.2) is 29.2 Å². The van der Waals surface area contributed by atoms with Gasteiger partial charge in [-0.05, 0) is 31.6 Å². The smallest absolute Gasteiger partial charge is 0.00250 e. The summed E-state index contributed by atoms with van der Waals surface area (Å²) in [6.45, 7) is 2.08. The van der Waals surface area contributed by atoms with Gasteiger partial charge < -0.3 is 0 Å². The lowest BCUT2D eigenvalue weighted by atomic mass is 10.2. The molecule has 1 rings (SSSR count). The second-order valence-electron chi connectivity index (χ2n) is 3.02. The number of aryl methyl sites for hydroxylation is 1. The van der Waals surface area contributed by atoms with Gasteiger partial charge in [0, 0.05) is 4.90 Å². The molecule has 0 unspecified atom stereocenters. The zero-order valence-corrected chi connectivity index (χ0v) is 8.67. The third-order valence-corrected chi connectivity index (χ3v) is 3.51. The van der Waals surface area contributed by atoms with Gasteiger partial charge in [0.25, 0.3) is 0 Å². The second-order valence-corrected chi connectivity index (χ2v) is 8.21. The molecule has 0 atom stereocenters. The summed E-state index contributed by atoms with van der Waals surface area (Å²) in [7, 11) is 5.15. The molecule has 0 amide bonds. The van der Waals surface area contributed by atoms with Crippen LogP contribution in [0, 0.1) is 6.92 Å². The fourth-order valence-corrected chi connectivity index (χ4v) is 1.95. The summed E-state index contributed by atoms with van der Waals surface area (Å²) in [5, 5.41) is 0. The van der Waals surface area contributed by atoms with E-state index in [0.717, 1.165) is 0 Å². The van der Waals surface area contributed by atoms with Gasteiger partial charge in [-0.3, -0.25) is 0 Å². The Bertz CT molecular complexity index is 233. The molecule has 1 aromatic rings. The maximum atomic E-state index is 6.19. The summed E-state index contributed by atoms with van der Waals surface area (Å²) in [4.78, 5) is 1.25. The standard InChI is InChI=1S/C9H13ClS/c1-8-4-6-9(7-5-8)11(2,3)10/h4-7H,1-3H3. The summed E-state index contributed by atoms with van der Waals surface area (Å²) in [6, 6.07) is 8.42. The summed E-state index contributed by atoms with van der Waals surface area (Å²) in [5.74, 6) is 0. The number of rotatable bonds is 1. The zero-order chi connectivity index (χ0) is 8.48. The van der Waals surface area contributed by atoms with Crippen molar-refractivity contribution in [2.24, 2.45) is 0 Å². The van der Waals surface area contributed by atoms with Crippen molar-refractivity contribution >= 4 is 19.9 Å². The van der Waals surface area contributed by atoms with Crippen LogP contribution >= 0.6 is 19.9 Å². The van der Waals surface area contributed by atoms with Crippen molar-refractivity contribution in [1.82, 2.24) is 0 Å². The Morgan fingerprint density at radius 3 is 1.91 bits per heavy atom. The number of benzene rings is 1. The van der Waals surface area contributed by atoms with Crippen molar-refractivity contribution in [2.45, 2.75) is 11.8 Å². The Balaban J connectivity index is 2.99. The van der Waals surface area contributed by atoms with E-state index >= 15 is 0 Å². The molecule has 1 aromatic carbocycles. The van der Waals surface area contributed by atoms with Crippen molar-refractivity contribution in [2.75, 3.05) is 12.5 Å². The van der Waals surface area contributed by atoms with E-state index in [4.69, 9.17) is 10.7 Å². The Hall–Kier alpha value is -0.140. The van der Waals surface area contributed by atoms with Crippen molar-refractivity contribution in [3.8, 4) is 0 Å². The first-order chi connectivity index (χ1) is 5.00. The first-order valence-corrected chi connectivity index (χ1v) is 6.77. The lowest BCUT2D eigenvalue weighted by Crippen LogP contribution is -1.86. The van der Waals surface area contributed by atoms with Crippen LogP contribution in [0.4, 0.5) is 0 Å². The molecular weight excluding hydrogens is 176 g/mol. The highest BCUT2D eigenvalue weighted by Crippen LogP contribution is 2.53. The van der Waals surface area contributed by atoms with Gasteiger partial charge in [0.1, 0.15) is 0 Å². The van der Waals surface area contributed by atoms with Crippen molar-refractivity contribution < 1.29 is 0 Å². The highest BCUT2D eigenvalue weighted by molar-refractivity contribution is 8.50. The van der Waals surface area contributed by atoms with Crippen LogP contribution in [0.5, 0.6) is 0 Å². The molecule has 0 fully saturated rings. The molecule has 0 aliphatic rings. The highest BCUT2D eigenvalue weighted by Gasteiger charge is 2.08. The van der Waals surface area contributed by atoms with Crippen molar-refractivity contribution in [3.63, 3.8) is 0 Å². The van der Waals surface area contributed by atoms with Crippen LogP contribution in [-0.4, -0.2) is 12.5 Å². The van der Waals surface area contributed by atoms with E-state index in [1.807, 2.05) is 0 Å².